The van der Waals surface area contributed by atoms with Crippen LogP contribution in [0.4, 0.5) is 5.69 Å². The molecule has 1 N–H and O–H groups in total. The Hall–Kier alpha value is -2.12. The van der Waals surface area contributed by atoms with Crippen molar-refractivity contribution in [3.8, 4) is 5.75 Å². The van der Waals surface area contributed by atoms with Gasteiger partial charge in [-0.2, -0.15) is 0 Å². The summed E-state index contributed by atoms with van der Waals surface area (Å²) in [5.74, 6) is 0.701. The number of hydrogen-bond acceptors (Lipinski definition) is 5. The summed E-state index contributed by atoms with van der Waals surface area (Å²) in [4.78, 5) is 16.7. The Bertz CT molecular complexity index is 807. The highest BCUT2D eigenvalue weighted by Crippen LogP contribution is 2.23. The van der Waals surface area contributed by atoms with E-state index in [1.54, 1.807) is 13.2 Å². The van der Waals surface area contributed by atoms with Gasteiger partial charge in [-0.05, 0) is 42.9 Å². The molecule has 1 saturated heterocycles. The summed E-state index contributed by atoms with van der Waals surface area (Å²) >= 11 is 6.08. The number of carbonyl (C=O) groups excluding carboxylic acids is 1. The highest BCUT2D eigenvalue weighted by molar-refractivity contribution is 6.30. The zero-order valence-corrected chi connectivity index (χ0v) is 17.7. The molecule has 2 aromatic carbocycles. The van der Waals surface area contributed by atoms with E-state index >= 15 is 0 Å². The molecular formula is C22H28ClN3O3. The number of likely N-dealkylation sites (N-methyl/N-ethyl adjacent to an activating group) is 1. The molecule has 0 spiro atoms. The molecule has 1 aliphatic rings. The first-order valence-electron chi connectivity index (χ1n) is 9.73. The van der Waals surface area contributed by atoms with Gasteiger partial charge in [0.2, 0.25) is 5.91 Å². The molecule has 1 aliphatic heterocycles. The number of amides is 1. The van der Waals surface area contributed by atoms with Crippen molar-refractivity contribution in [3.05, 3.63) is 58.6 Å². The minimum absolute atomic E-state index is 0.0607. The third-order valence-corrected chi connectivity index (χ3v) is 5.08. The van der Waals surface area contributed by atoms with Crippen LogP contribution in [0.2, 0.25) is 5.02 Å². The summed E-state index contributed by atoms with van der Waals surface area (Å²) < 4.78 is 10.8. The van der Waals surface area contributed by atoms with Gasteiger partial charge in [0.1, 0.15) is 5.75 Å². The van der Waals surface area contributed by atoms with Crippen LogP contribution in [0.3, 0.4) is 0 Å². The lowest BCUT2D eigenvalue weighted by Gasteiger charge is -2.26. The van der Waals surface area contributed by atoms with Crippen molar-refractivity contribution in [2.24, 2.45) is 0 Å². The lowest BCUT2D eigenvalue weighted by atomic mass is 10.2. The molecule has 0 saturated carbocycles. The maximum atomic E-state index is 12.4. The lowest BCUT2D eigenvalue weighted by molar-refractivity contribution is -0.117. The van der Waals surface area contributed by atoms with E-state index in [4.69, 9.17) is 21.1 Å². The van der Waals surface area contributed by atoms with Crippen molar-refractivity contribution in [2.75, 3.05) is 52.3 Å². The molecule has 2 aromatic rings. The van der Waals surface area contributed by atoms with Crippen molar-refractivity contribution in [1.82, 2.24) is 9.80 Å². The second-order valence-electron chi connectivity index (χ2n) is 7.26. The van der Waals surface area contributed by atoms with Crippen molar-refractivity contribution in [1.29, 1.82) is 0 Å². The summed E-state index contributed by atoms with van der Waals surface area (Å²) in [7, 11) is 3.52. The molecule has 1 fully saturated rings. The Balaban J connectivity index is 1.49. The number of morpholine rings is 1. The van der Waals surface area contributed by atoms with E-state index < -0.39 is 0 Å². The Labute approximate surface area is 177 Å². The third kappa shape index (κ3) is 6.72. The molecule has 156 valence electrons. The number of ether oxygens (including phenoxy) is 2. The number of rotatable bonds is 8. The predicted molar refractivity (Wildman–Crippen MR) is 116 cm³/mol. The molecule has 6 nitrogen and oxygen atoms in total. The molecular weight excluding hydrogens is 390 g/mol. The highest BCUT2D eigenvalue weighted by Gasteiger charge is 2.12. The van der Waals surface area contributed by atoms with Gasteiger partial charge in [-0.15, -0.1) is 0 Å². The van der Waals surface area contributed by atoms with E-state index in [2.05, 4.69) is 22.3 Å². The zero-order chi connectivity index (χ0) is 20.6. The molecule has 0 atom stereocenters. The monoisotopic (exact) mass is 417 g/mol. The van der Waals surface area contributed by atoms with Crippen molar-refractivity contribution in [2.45, 2.75) is 13.1 Å². The molecule has 1 heterocycles. The number of anilines is 1. The van der Waals surface area contributed by atoms with Crippen LogP contribution in [0, 0.1) is 0 Å². The molecule has 0 aromatic heterocycles. The smallest absolute Gasteiger partial charge is 0.238 e. The number of halogens is 1. The topological polar surface area (TPSA) is 54.0 Å². The summed E-state index contributed by atoms with van der Waals surface area (Å²) in [6, 6.07) is 13.5. The molecule has 3 rings (SSSR count). The fourth-order valence-electron chi connectivity index (χ4n) is 3.37. The highest BCUT2D eigenvalue weighted by atomic mass is 35.5. The number of methoxy groups -OCH3 is 1. The van der Waals surface area contributed by atoms with Gasteiger partial charge >= 0.3 is 0 Å². The minimum Gasteiger partial charge on any atom is -0.496 e. The standard InChI is InChI=1S/C22H28ClN3O3/c1-25(15-18-13-19(23)5-8-21(18)28-2)16-22(27)24-20-6-3-17(4-7-20)14-26-9-11-29-12-10-26/h3-8,13H,9-12,14-16H2,1-2H3,(H,24,27). The van der Waals surface area contributed by atoms with Gasteiger partial charge < -0.3 is 14.8 Å². The van der Waals surface area contributed by atoms with Gasteiger partial charge in [0, 0.05) is 42.5 Å². The molecule has 0 bridgehead atoms. The molecule has 0 unspecified atom stereocenters. The van der Waals surface area contributed by atoms with Crippen molar-refractivity contribution >= 4 is 23.2 Å². The fraction of sp³-hybridized carbons (Fsp3) is 0.409. The van der Waals surface area contributed by atoms with Gasteiger partial charge in [-0.25, -0.2) is 0 Å². The van der Waals surface area contributed by atoms with E-state index in [1.165, 1.54) is 5.56 Å². The first kappa shape index (κ1) is 21.6. The van der Waals surface area contributed by atoms with Crippen LogP contribution in [-0.2, 0) is 22.6 Å². The second kappa shape index (κ2) is 10.6. The summed E-state index contributed by atoms with van der Waals surface area (Å²) in [5.41, 5.74) is 2.98. The normalized spacial score (nSPS) is 14.8. The number of nitrogens with zero attached hydrogens (tertiary/aromatic N) is 2. The third-order valence-electron chi connectivity index (χ3n) is 4.84. The Morgan fingerprint density at radius 3 is 2.62 bits per heavy atom. The summed E-state index contributed by atoms with van der Waals surface area (Å²) in [6.45, 7) is 5.25. The molecule has 7 heteroatoms. The minimum atomic E-state index is -0.0607. The Morgan fingerprint density at radius 2 is 1.93 bits per heavy atom. The largest absolute Gasteiger partial charge is 0.496 e. The van der Waals surface area contributed by atoms with Crippen LogP contribution >= 0.6 is 11.6 Å². The van der Waals surface area contributed by atoms with E-state index in [0.29, 0.717) is 11.6 Å². The molecule has 0 radical (unpaired) electrons. The van der Waals surface area contributed by atoms with Crippen LogP contribution in [0.1, 0.15) is 11.1 Å². The first-order valence-corrected chi connectivity index (χ1v) is 10.1. The van der Waals surface area contributed by atoms with Crippen LogP contribution < -0.4 is 10.1 Å². The van der Waals surface area contributed by atoms with Crippen molar-refractivity contribution in [3.63, 3.8) is 0 Å². The number of benzene rings is 2. The SMILES string of the molecule is COc1ccc(Cl)cc1CN(C)CC(=O)Nc1ccc(CN2CCOCC2)cc1. The lowest BCUT2D eigenvalue weighted by Crippen LogP contribution is -2.35. The molecule has 29 heavy (non-hydrogen) atoms. The summed E-state index contributed by atoms with van der Waals surface area (Å²) in [5, 5.41) is 3.61. The predicted octanol–water partition coefficient (Wildman–Crippen LogP) is 3.25. The van der Waals surface area contributed by atoms with Crippen LogP contribution in [0.15, 0.2) is 42.5 Å². The Kier molecular flexibility index (Phi) is 7.89. The van der Waals surface area contributed by atoms with Crippen molar-refractivity contribution < 1.29 is 14.3 Å². The van der Waals surface area contributed by atoms with E-state index in [9.17, 15) is 4.79 Å². The van der Waals surface area contributed by atoms with Gasteiger partial charge in [-0.3, -0.25) is 14.6 Å². The van der Waals surface area contributed by atoms with Gasteiger partial charge in [0.25, 0.3) is 0 Å². The van der Waals surface area contributed by atoms with Gasteiger partial charge in [0.05, 0.1) is 26.9 Å². The average molecular weight is 418 g/mol. The maximum Gasteiger partial charge on any atom is 0.238 e. The second-order valence-corrected chi connectivity index (χ2v) is 7.70. The fourth-order valence-corrected chi connectivity index (χ4v) is 3.57. The molecule has 1 amide bonds. The molecule has 0 aliphatic carbocycles. The quantitative estimate of drug-likeness (QED) is 0.714. The first-order chi connectivity index (χ1) is 14.0. The summed E-state index contributed by atoms with van der Waals surface area (Å²) in [6.07, 6.45) is 0. The van der Waals surface area contributed by atoms with Crippen LogP contribution in [0.25, 0.3) is 0 Å². The van der Waals surface area contributed by atoms with E-state index in [-0.39, 0.29) is 12.5 Å². The Morgan fingerprint density at radius 1 is 1.21 bits per heavy atom. The number of carbonyl (C=O) groups is 1. The van der Waals surface area contributed by atoms with Crippen LogP contribution in [0.5, 0.6) is 5.75 Å². The van der Waals surface area contributed by atoms with E-state index in [0.717, 1.165) is 49.8 Å². The maximum absolute atomic E-state index is 12.4. The van der Waals surface area contributed by atoms with E-state index in [1.807, 2.05) is 36.2 Å². The number of nitrogens with one attached hydrogen (secondary N) is 1. The number of hydrogen-bond donors (Lipinski definition) is 1. The zero-order valence-electron chi connectivity index (χ0n) is 17.0. The van der Waals surface area contributed by atoms with Gasteiger partial charge in [-0.1, -0.05) is 23.7 Å². The van der Waals surface area contributed by atoms with Gasteiger partial charge in [0.15, 0.2) is 0 Å². The van der Waals surface area contributed by atoms with Crippen LogP contribution in [-0.4, -0.2) is 62.7 Å². The average Bonchev–Trinajstić information content (AvgIpc) is 2.70.